The highest BCUT2D eigenvalue weighted by atomic mass is 16.1. The molecule has 2 N–H and O–H groups in total. The highest BCUT2D eigenvalue weighted by molar-refractivity contribution is 5.76. The third kappa shape index (κ3) is 1.71. The zero-order valence-electron chi connectivity index (χ0n) is 7.88. The average Bonchev–Trinajstić information content (AvgIpc) is 2.22. The van der Waals surface area contributed by atoms with Crippen LogP contribution in [0.3, 0.4) is 0 Å². The first-order valence-electron chi connectivity index (χ1n) is 4.42. The third-order valence-corrected chi connectivity index (χ3v) is 2.07. The van der Waals surface area contributed by atoms with Crippen LogP contribution < -0.4 is 11.3 Å². The summed E-state index contributed by atoms with van der Waals surface area (Å²) in [6.07, 6.45) is 3.16. The summed E-state index contributed by atoms with van der Waals surface area (Å²) in [6.45, 7) is 0. The molecular weight excluding hydrogens is 194 g/mol. The number of nitrogens with zero attached hydrogens (tertiary/aromatic N) is 2. The highest BCUT2D eigenvalue weighted by Gasteiger charge is 2.05. The van der Waals surface area contributed by atoms with Gasteiger partial charge in [-0.05, 0) is 18.2 Å². The van der Waals surface area contributed by atoms with Gasteiger partial charge in [-0.15, -0.1) is 0 Å². The van der Waals surface area contributed by atoms with Gasteiger partial charge < -0.3 is 5.73 Å². The SMILES string of the molecule is NC(=O)Cc1ccc2ncccn2c1=O. The van der Waals surface area contributed by atoms with Gasteiger partial charge in [-0.2, -0.15) is 0 Å². The second-order valence-corrected chi connectivity index (χ2v) is 3.15. The molecule has 0 saturated heterocycles. The summed E-state index contributed by atoms with van der Waals surface area (Å²) in [4.78, 5) is 26.5. The van der Waals surface area contributed by atoms with Crippen molar-refractivity contribution in [3.05, 3.63) is 46.5 Å². The van der Waals surface area contributed by atoms with E-state index in [-0.39, 0.29) is 12.0 Å². The van der Waals surface area contributed by atoms with Crippen LogP contribution in [0.1, 0.15) is 5.56 Å². The summed E-state index contributed by atoms with van der Waals surface area (Å²) in [5.74, 6) is -0.518. The molecular formula is C10H9N3O2. The van der Waals surface area contributed by atoms with Crippen molar-refractivity contribution in [3.63, 3.8) is 0 Å². The number of carbonyl (C=O) groups excluding carboxylic acids is 1. The molecule has 0 saturated carbocycles. The van der Waals surface area contributed by atoms with E-state index in [0.717, 1.165) is 0 Å². The number of nitrogens with two attached hydrogens (primary N) is 1. The Morgan fingerprint density at radius 1 is 1.47 bits per heavy atom. The predicted octanol–water partition coefficient (Wildman–Crippen LogP) is -0.278. The molecule has 0 aliphatic heterocycles. The maximum Gasteiger partial charge on any atom is 0.259 e. The first-order valence-corrected chi connectivity index (χ1v) is 4.42. The summed E-state index contributed by atoms with van der Waals surface area (Å²) in [5, 5.41) is 0. The van der Waals surface area contributed by atoms with E-state index < -0.39 is 5.91 Å². The normalized spacial score (nSPS) is 10.4. The largest absolute Gasteiger partial charge is 0.369 e. The number of aromatic nitrogens is 2. The van der Waals surface area contributed by atoms with Gasteiger partial charge in [0, 0.05) is 18.0 Å². The molecule has 0 bridgehead atoms. The number of hydrogen-bond donors (Lipinski definition) is 1. The number of hydrogen-bond acceptors (Lipinski definition) is 3. The first kappa shape index (κ1) is 9.39. The van der Waals surface area contributed by atoms with E-state index in [1.165, 1.54) is 4.40 Å². The van der Waals surface area contributed by atoms with E-state index >= 15 is 0 Å². The Balaban J connectivity index is 2.65. The van der Waals surface area contributed by atoms with Crippen molar-refractivity contribution in [3.8, 4) is 0 Å². The second-order valence-electron chi connectivity index (χ2n) is 3.15. The lowest BCUT2D eigenvalue weighted by Crippen LogP contribution is -2.23. The first-order chi connectivity index (χ1) is 7.18. The van der Waals surface area contributed by atoms with Crippen LogP contribution in [0.15, 0.2) is 35.4 Å². The van der Waals surface area contributed by atoms with Crippen LogP contribution in [0.4, 0.5) is 0 Å². The Bertz CT molecular complexity index is 574. The molecule has 0 spiro atoms. The lowest BCUT2D eigenvalue weighted by Gasteiger charge is -2.01. The van der Waals surface area contributed by atoms with Crippen LogP contribution in [0, 0.1) is 0 Å². The molecule has 5 heteroatoms. The van der Waals surface area contributed by atoms with Crippen LogP contribution in [-0.2, 0) is 11.2 Å². The Morgan fingerprint density at radius 2 is 2.27 bits per heavy atom. The van der Waals surface area contributed by atoms with Gasteiger partial charge in [-0.1, -0.05) is 0 Å². The summed E-state index contributed by atoms with van der Waals surface area (Å²) in [7, 11) is 0. The molecule has 0 atom stereocenters. The molecule has 2 rings (SSSR count). The van der Waals surface area contributed by atoms with Crippen LogP contribution in [-0.4, -0.2) is 15.3 Å². The molecule has 0 aromatic carbocycles. The summed E-state index contributed by atoms with van der Waals surface area (Å²) >= 11 is 0. The van der Waals surface area contributed by atoms with Gasteiger partial charge >= 0.3 is 0 Å². The number of rotatable bonds is 2. The van der Waals surface area contributed by atoms with Crippen LogP contribution in [0.25, 0.3) is 5.65 Å². The molecule has 0 aliphatic carbocycles. The molecule has 0 aliphatic rings. The number of carbonyl (C=O) groups is 1. The molecule has 2 aromatic heterocycles. The fourth-order valence-corrected chi connectivity index (χ4v) is 1.40. The van der Waals surface area contributed by atoms with Gasteiger partial charge in [0.1, 0.15) is 5.65 Å². The van der Waals surface area contributed by atoms with E-state index in [1.54, 1.807) is 30.6 Å². The summed E-state index contributed by atoms with van der Waals surface area (Å²) in [6, 6.07) is 4.91. The minimum atomic E-state index is -0.518. The molecule has 15 heavy (non-hydrogen) atoms. The Labute approximate surface area is 85.2 Å². The van der Waals surface area contributed by atoms with Crippen molar-refractivity contribution in [2.24, 2.45) is 5.73 Å². The zero-order valence-corrected chi connectivity index (χ0v) is 7.88. The minimum Gasteiger partial charge on any atom is -0.369 e. The van der Waals surface area contributed by atoms with Gasteiger partial charge in [-0.3, -0.25) is 14.0 Å². The van der Waals surface area contributed by atoms with Crippen molar-refractivity contribution < 1.29 is 4.79 Å². The van der Waals surface area contributed by atoms with Crippen molar-refractivity contribution in [2.75, 3.05) is 0 Å². The number of fused-ring (bicyclic) bond motifs is 1. The summed E-state index contributed by atoms with van der Waals surface area (Å²) < 4.78 is 1.39. The van der Waals surface area contributed by atoms with E-state index in [9.17, 15) is 9.59 Å². The fourth-order valence-electron chi connectivity index (χ4n) is 1.40. The van der Waals surface area contributed by atoms with Crippen LogP contribution in [0.2, 0.25) is 0 Å². The van der Waals surface area contributed by atoms with E-state index in [0.29, 0.717) is 11.2 Å². The smallest absolute Gasteiger partial charge is 0.259 e. The van der Waals surface area contributed by atoms with E-state index in [2.05, 4.69) is 4.98 Å². The minimum absolute atomic E-state index is 0.0450. The Kier molecular flexibility index (Phi) is 2.21. The van der Waals surface area contributed by atoms with Crippen molar-refractivity contribution >= 4 is 11.6 Å². The van der Waals surface area contributed by atoms with Gasteiger partial charge in [0.2, 0.25) is 5.91 Å². The van der Waals surface area contributed by atoms with Crippen molar-refractivity contribution in [1.29, 1.82) is 0 Å². The number of pyridine rings is 1. The fraction of sp³-hybridized carbons (Fsp3) is 0.100. The molecule has 1 amide bonds. The Hall–Kier alpha value is -2.17. The van der Waals surface area contributed by atoms with Gasteiger partial charge in [-0.25, -0.2) is 4.98 Å². The van der Waals surface area contributed by atoms with Crippen LogP contribution in [0.5, 0.6) is 0 Å². The molecule has 0 fully saturated rings. The predicted molar refractivity (Wildman–Crippen MR) is 54.4 cm³/mol. The van der Waals surface area contributed by atoms with Gasteiger partial charge in [0.25, 0.3) is 5.56 Å². The average molecular weight is 203 g/mol. The lowest BCUT2D eigenvalue weighted by atomic mass is 10.2. The topological polar surface area (TPSA) is 77.5 Å². The van der Waals surface area contributed by atoms with E-state index in [1.807, 2.05) is 0 Å². The molecule has 76 valence electrons. The standard InChI is InChI=1S/C10H9N3O2/c11-8(14)6-7-2-3-9-12-4-1-5-13(9)10(7)15/h1-5H,6H2,(H2,11,14). The maximum atomic E-state index is 11.8. The lowest BCUT2D eigenvalue weighted by molar-refractivity contribution is -0.117. The van der Waals surface area contributed by atoms with Crippen LogP contribution >= 0.6 is 0 Å². The number of primary amides is 1. The molecule has 0 unspecified atom stereocenters. The second kappa shape index (κ2) is 3.53. The molecule has 5 nitrogen and oxygen atoms in total. The van der Waals surface area contributed by atoms with Crippen molar-refractivity contribution in [1.82, 2.24) is 9.38 Å². The Morgan fingerprint density at radius 3 is 3.00 bits per heavy atom. The molecule has 0 radical (unpaired) electrons. The number of amides is 1. The quantitative estimate of drug-likeness (QED) is 0.729. The highest BCUT2D eigenvalue weighted by Crippen LogP contribution is 1.98. The molecule has 2 heterocycles. The van der Waals surface area contributed by atoms with Gasteiger partial charge in [0.05, 0.1) is 6.42 Å². The maximum absolute atomic E-state index is 11.8. The monoisotopic (exact) mass is 203 g/mol. The third-order valence-electron chi connectivity index (χ3n) is 2.07. The van der Waals surface area contributed by atoms with Gasteiger partial charge in [0.15, 0.2) is 0 Å². The summed E-state index contributed by atoms with van der Waals surface area (Å²) in [5.41, 5.74) is 5.72. The van der Waals surface area contributed by atoms with E-state index in [4.69, 9.17) is 5.73 Å². The molecule has 2 aromatic rings. The zero-order chi connectivity index (χ0) is 10.8. The van der Waals surface area contributed by atoms with Crippen molar-refractivity contribution in [2.45, 2.75) is 6.42 Å².